The fourth-order valence-corrected chi connectivity index (χ4v) is 1.39. The quantitative estimate of drug-likeness (QED) is 0.503. The Morgan fingerprint density at radius 2 is 2.15 bits per heavy atom. The molecule has 0 heterocycles. The number of alkyl halides is 1. The molecule has 0 bridgehead atoms. The molecular weight excluding hydrogens is 192 g/mol. The lowest BCUT2D eigenvalue weighted by molar-refractivity contribution is -0.148. The normalized spacial score (nSPS) is 31.8. The minimum absolute atomic E-state index is 0.405. The standard InChI is InChI=1S/C9H11ClO3/c1-12-8(11)7-5-3-4-6-9(7,10)13-2/h3-7H,1-2H3. The number of carbonyl (C=O) groups excluding carboxylic acids is 1. The average molecular weight is 203 g/mol. The van der Waals surface area contributed by atoms with E-state index in [4.69, 9.17) is 16.3 Å². The van der Waals surface area contributed by atoms with Crippen molar-refractivity contribution in [2.45, 2.75) is 5.06 Å². The van der Waals surface area contributed by atoms with Crippen LogP contribution in [0.25, 0.3) is 0 Å². The summed E-state index contributed by atoms with van der Waals surface area (Å²) in [5.41, 5.74) is 0. The van der Waals surface area contributed by atoms with Crippen LogP contribution in [0.15, 0.2) is 24.3 Å². The van der Waals surface area contributed by atoms with Gasteiger partial charge in [-0.05, 0) is 6.08 Å². The highest BCUT2D eigenvalue weighted by atomic mass is 35.5. The number of ether oxygens (including phenoxy) is 2. The molecule has 0 saturated heterocycles. The molecule has 13 heavy (non-hydrogen) atoms. The second-order valence-corrected chi connectivity index (χ2v) is 3.24. The van der Waals surface area contributed by atoms with E-state index in [1.165, 1.54) is 14.2 Å². The Labute approximate surface area is 82.0 Å². The zero-order valence-corrected chi connectivity index (χ0v) is 8.25. The van der Waals surface area contributed by atoms with Gasteiger partial charge in [0.15, 0.2) is 5.06 Å². The summed E-state index contributed by atoms with van der Waals surface area (Å²) in [6.07, 6.45) is 6.75. The second kappa shape index (κ2) is 3.94. The molecule has 2 unspecified atom stereocenters. The first-order valence-corrected chi connectivity index (χ1v) is 4.20. The number of hydrogen-bond donors (Lipinski definition) is 0. The van der Waals surface area contributed by atoms with Crippen molar-refractivity contribution in [1.29, 1.82) is 0 Å². The monoisotopic (exact) mass is 202 g/mol. The lowest BCUT2D eigenvalue weighted by atomic mass is 9.97. The minimum Gasteiger partial charge on any atom is -0.468 e. The maximum atomic E-state index is 11.3. The van der Waals surface area contributed by atoms with Crippen molar-refractivity contribution in [3.63, 3.8) is 0 Å². The summed E-state index contributed by atoms with van der Waals surface area (Å²) < 4.78 is 9.64. The van der Waals surface area contributed by atoms with Gasteiger partial charge < -0.3 is 9.47 Å². The van der Waals surface area contributed by atoms with Gasteiger partial charge in [-0.1, -0.05) is 29.8 Å². The van der Waals surface area contributed by atoms with Crippen LogP contribution in [0.5, 0.6) is 0 Å². The maximum Gasteiger partial charge on any atom is 0.317 e. The Morgan fingerprint density at radius 1 is 1.46 bits per heavy atom. The van der Waals surface area contributed by atoms with Gasteiger partial charge in [0.05, 0.1) is 7.11 Å². The van der Waals surface area contributed by atoms with Crippen LogP contribution in [0.2, 0.25) is 0 Å². The first-order valence-electron chi connectivity index (χ1n) is 3.82. The smallest absolute Gasteiger partial charge is 0.317 e. The molecule has 0 radical (unpaired) electrons. The van der Waals surface area contributed by atoms with Crippen LogP contribution >= 0.6 is 11.6 Å². The highest BCUT2D eigenvalue weighted by Gasteiger charge is 2.40. The van der Waals surface area contributed by atoms with E-state index in [9.17, 15) is 4.79 Å². The molecule has 0 aromatic carbocycles. The Morgan fingerprint density at radius 3 is 2.69 bits per heavy atom. The Hall–Kier alpha value is -0.800. The minimum atomic E-state index is -1.11. The molecule has 0 fully saturated rings. The molecule has 0 aromatic rings. The van der Waals surface area contributed by atoms with E-state index in [1.807, 2.05) is 0 Å². The van der Waals surface area contributed by atoms with Crippen LogP contribution in [0.1, 0.15) is 0 Å². The summed E-state index contributed by atoms with van der Waals surface area (Å²) in [5.74, 6) is -0.994. The molecule has 2 atom stereocenters. The Kier molecular flexibility index (Phi) is 3.12. The first kappa shape index (κ1) is 10.3. The van der Waals surface area contributed by atoms with Crippen LogP contribution in [0, 0.1) is 5.92 Å². The molecule has 0 saturated carbocycles. The second-order valence-electron chi connectivity index (χ2n) is 2.65. The zero-order valence-electron chi connectivity index (χ0n) is 7.49. The van der Waals surface area contributed by atoms with E-state index in [2.05, 4.69) is 4.74 Å². The molecule has 4 heteroatoms. The maximum absolute atomic E-state index is 11.3. The molecule has 0 aromatic heterocycles. The van der Waals surface area contributed by atoms with Gasteiger partial charge in [0, 0.05) is 7.11 Å². The Bertz CT molecular complexity index is 260. The number of rotatable bonds is 2. The van der Waals surface area contributed by atoms with Gasteiger partial charge in [-0.15, -0.1) is 0 Å². The number of allylic oxidation sites excluding steroid dienone is 2. The molecular formula is C9H11ClO3. The van der Waals surface area contributed by atoms with E-state index in [0.29, 0.717) is 0 Å². The van der Waals surface area contributed by atoms with Gasteiger partial charge in [0.2, 0.25) is 0 Å². The number of carbonyl (C=O) groups is 1. The molecule has 1 aliphatic carbocycles. The zero-order chi connectivity index (χ0) is 9.90. The van der Waals surface area contributed by atoms with Gasteiger partial charge >= 0.3 is 5.97 Å². The van der Waals surface area contributed by atoms with Crippen molar-refractivity contribution in [1.82, 2.24) is 0 Å². The largest absolute Gasteiger partial charge is 0.468 e. The third kappa shape index (κ3) is 1.92. The van der Waals surface area contributed by atoms with Crippen molar-refractivity contribution in [3.05, 3.63) is 24.3 Å². The van der Waals surface area contributed by atoms with Gasteiger partial charge in [0.25, 0.3) is 0 Å². The van der Waals surface area contributed by atoms with Crippen LogP contribution in [0.3, 0.4) is 0 Å². The third-order valence-electron chi connectivity index (χ3n) is 1.93. The van der Waals surface area contributed by atoms with Crippen molar-refractivity contribution >= 4 is 17.6 Å². The molecule has 1 aliphatic rings. The number of methoxy groups -OCH3 is 2. The molecule has 0 aliphatic heterocycles. The summed E-state index contributed by atoms with van der Waals surface area (Å²) >= 11 is 6.04. The van der Waals surface area contributed by atoms with Crippen molar-refractivity contribution in [2.75, 3.05) is 14.2 Å². The highest BCUT2D eigenvalue weighted by Crippen LogP contribution is 2.32. The molecule has 3 nitrogen and oxygen atoms in total. The lowest BCUT2D eigenvalue weighted by Gasteiger charge is -2.29. The van der Waals surface area contributed by atoms with Crippen LogP contribution in [0.4, 0.5) is 0 Å². The van der Waals surface area contributed by atoms with E-state index in [0.717, 1.165) is 0 Å². The molecule has 0 N–H and O–H groups in total. The first-order chi connectivity index (χ1) is 6.14. The van der Waals surface area contributed by atoms with Crippen LogP contribution in [-0.2, 0) is 14.3 Å². The van der Waals surface area contributed by atoms with Gasteiger partial charge in [-0.25, -0.2) is 0 Å². The fourth-order valence-electron chi connectivity index (χ4n) is 1.16. The third-order valence-corrected chi connectivity index (χ3v) is 2.45. The van der Waals surface area contributed by atoms with Crippen LogP contribution < -0.4 is 0 Å². The number of hydrogen-bond acceptors (Lipinski definition) is 3. The highest BCUT2D eigenvalue weighted by molar-refractivity contribution is 6.26. The van der Waals surface area contributed by atoms with Crippen molar-refractivity contribution in [2.24, 2.45) is 5.92 Å². The predicted octanol–water partition coefficient (Wildman–Crippen LogP) is 1.48. The van der Waals surface area contributed by atoms with E-state index >= 15 is 0 Å². The van der Waals surface area contributed by atoms with Crippen LogP contribution in [-0.4, -0.2) is 25.2 Å². The number of esters is 1. The molecule has 0 spiro atoms. The summed E-state index contributed by atoms with van der Waals surface area (Å²) in [6.45, 7) is 0. The lowest BCUT2D eigenvalue weighted by Crippen LogP contribution is -2.38. The summed E-state index contributed by atoms with van der Waals surface area (Å²) in [5, 5.41) is -1.11. The van der Waals surface area contributed by atoms with Gasteiger partial charge in [-0.3, -0.25) is 4.79 Å². The predicted molar refractivity (Wildman–Crippen MR) is 49.4 cm³/mol. The van der Waals surface area contributed by atoms with Gasteiger partial charge in [-0.2, -0.15) is 0 Å². The molecule has 1 rings (SSSR count). The van der Waals surface area contributed by atoms with E-state index in [1.54, 1.807) is 24.3 Å². The Balaban J connectivity index is 2.88. The van der Waals surface area contributed by atoms with Crippen molar-refractivity contribution in [3.8, 4) is 0 Å². The van der Waals surface area contributed by atoms with E-state index < -0.39 is 16.9 Å². The topological polar surface area (TPSA) is 35.5 Å². The number of halogens is 1. The molecule has 0 amide bonds. The summed E-state index contributed by atoms with van der Waals surface area (Å²) in [6, 6.07) is 0. The molecule has 72 valence electrons. The summed E-state index contributed by atoms with van der Waals surface area (Å²) in [7, 11) is 2.77. The SMILES string of the molecule is COC(=O)C1C=CC=CC1(Cl)OC. The average Bonchev–Trinajstić information content (AvgIpc) is 2.17. The fraction of sp³-hybridized carbons (Fsp3) is 0.444. The van der Waals surface area contributed by atoms with Gasteiger partial charge in [0.1, 0.15) is 5.92 Å². The van der Waals surface area contributed by atoms with Crippen molar-refractivity contribution < 1.29 is 14.3 Å². The summed E-state index contributed by atoms with van der Waals surface area (Å²) in [4.78, 5) is 11.3. The van der Waals surface area contributed by atoms with E-state index in [-0.39, 0.29) is 0 Å².